The lowest BCUT2D eigenvalue weighted by Gasteiger charge is -2.33. The molecule has 3 aromatic rings. The number of likely N-dealkylation sites (tertiary alicyclic amines) is 1. The number of H-pyrrole nitrogens is 1. The van der Waals surface area contributed by atoms with Crippen LogP contribution in [0.1, 0.15) is 24.3 Å². The van der Waals surface area contributed by atoms with E-state index in [1.54, 1.807) is 0 Å². The minimum absolute atomic E-state index is 0.674. The fraction of sp³-hybridized carbons (Fsp3) is 0.350. The molecular formula is C20H24N4. The van der Waals surface area contributed by atoms with Gasteiger partial charge in [0.25, 0.3) is 0 Å². The van der Waals surface area contributed by atoms with Gasteiger partial charge in [-0.2, -0.15) is 0 Å². The summed E-state index contributed by atoms with van der Waals surface area (Å²) in [5, 5.41) is 4.61. The Labute approximate surface area is 142 Å². The SMILES string of the molecule is c1ccc([C@@H]2CCCN(CCNc3ccc4cc[nH]c4n3)C2)cc1. The average Bonchev–Trinajstić information content (AvgIpc) is 3.11. The number of aromatic amines is 1. The number of piperidine rings is 1. The smallest absolute Gasteiger partial charge is 0.139 e. The van der Waals surface area contributed by atoms with Crippen molar-refractivity contribution in [3.05, 3.63) is 60.3 Å². The van der Waals surface area contributed by atoms with E-state index in [1.807, 2.05) is 12.3 Å². The van der Waals surface area contributed by atoms with Crippen molar-refractivity contribution in [2.24, 2.45) is 0 Å². The van der Waals surface area contributed by atoms with Crippen molar-refractivity contribution >= 4 is 16.9 Å². The van der Waals surface area contributed by atoms with Crippen LogP contribution >= 0.6 is 0 Å². The molecule has 0 radical (unpaired) electrons. The van der Waals surface area contributed by atoms with E-state index in [0.29, 0.717) is 5.92 Å². The van der Waals surface area contributed by atoms with Crippen LogP contribution in [0.25, 0.3) is 11.0 Å². The van der Waals surface area contributed by atoms with Gasteiger partial charge in [-0.3, -0.25) is 0 Å². The van der Waals surface area contributed by atoms with Crippen LogP contribution in [-0.2, 0) is 0 Å². The number of hydrogen-bond donors (Lipinski definition) is 2. The van der Waals surface area contributed by atoms with E-state index in [4.69, 9.17) is 0 Å². The highest BCUT2D eigenvalue weighted by atomic mass is 15.2. The Morgan fingerprint density at radius 2 is 2.04 bits per heavy atom. The first-order valence-corrected chi connectivity index (χ1v) is 8.84. The fourth-order valence-electron chi connectivity index (χ4n) is 3.63. The van der Waals surface area contributed by atoms with Crippen LogP contribution in [0, 0.1) is 0 Å². The molecular weight excluding hydrogens is 296 g/mol. The minimum Gasteiger partial charge on any atom is -0.369 e. The molecule has 4 heteroatoms. The first-order chi connectivity index (χ1) is 11.9. The molecule has 0 spiro atoms. The molecule has 1 fully saturated rings. The van der Waals surface area contributed by atoms with Crippen molar-refractivity contribution in [2.45, 2.75) is 18.8 Å². The molecule has 124 valence electrons. The third-order valence-corrected chi connectivity index (χ3v) is 4.92. The highest BCUT2D eigenvalue weighted by Gasteiger charge is 2.20. The van der Waals surface area contributed by atoms with E-state index in [1.165, 1.54) is 24.9 Å². The Morgan fingerprint density at radius 3 is 2.96 bits per heavy atom. The zero-order valence-corrected chi connectivity index (χ0v) is 13.9. The van der Waals surface area contributed by atoms with Gasteiger partial charge in [-0.1, -0.05) is 30.3 Å². The number of hydrogen-bond acceptors (Lipinski definition) is 3. The van der Waals surface area contributed by atoms with Crippen LogP contribution in [0.15, 0.2) is 54.7 Å². The molecule has 1 atom stereocenters. The van der Waals surface area contributed by atoms with E-state index in [-0.39, 0.29) is 0 Å². The summed E-state index contributed by atoms with van der Waals surface area (Å²) in [6.07, 6.45) is 4.52. The van der Waals surface area contributed by atoms with Crippen molar-refractivity contribution in [2.75, 3.05) is 31.5 Å². The van der Waals surface area contributed by atoms with Gasteiger partial charge in [0, 0.05) is 31.2 Å². The topological polar surface area (TPSA) is 44.0 Å². The number of nitrogens with one attached hydrogen (secondary N) is 2. The second-order valence-corrected chi connectivity index (χ2v) is 6.59. The van der Waals surface area contributed by atoms with Crippen LogP contribution in [0.3, 0.4) is 0 Å². The summed E-state index contributed by atoms with van der Waals surface area (Å²) in [4.78, 5) is 10.3. The van der Waals surface area contributed by atoms with Gasteiger partial charge in [0.2, 0.25) is 0 Å². The molecule has 2 aromatic heterocycles. The van der Waals surface area contributed by atoms with Gasteiger partial charge in [-0.15, -0.1) is 0 Å². The summed E-state index contributed by atoms with van der Waals surface area (Å²) in [7, 11) is 0. The monoisotopic (exact) mass is 320 g/mol. The summed E-state index contributed by atoms with van der Waals surface area (Å²) in [6, 6.07) is 17.1. The maximum absolute atomic E-state index is 4.60. The molecule has 0 saturated carbocycles. The van der Waals surface area contributed by atoms with E-state index >= 15 is 0 Å². The van der Waals surface area contributed by atoms with Crippen LogP contribution < -0.4 is 5.32 Å². The molecule has 24 heavy (non-hydrogen) atoms. The maximum Gasteiger partial charge on any atom is 0.139 e. The lowest BCUT2D eigenvalue weighted by molar-refractivity contribution is 0.215. The van der Waals surface area contributed by atoms with E-state index in [9.17, 15) is 0 Å². The Morgan fingerprint density at radius 1 is 1.12 bits per heavy atom. The second-order valence-electron chi connectivity index (χ2n) is 6.59. The zero-order valence-electron chi connectivity index (χ0n) is 13.9. The molecule has 4 nitrogen and oxygen atoms in total. The number of rotatable bonds is 5. The number of benzene rings is 1. The van der Waals surface area contributed by atoms with Gasteiger partial charge in [0.15, 0.2) is 0 Å². The lowest BCUT2D eigenvalue weighted by Crippen LogP contribution is -2.37. The number of anilines is 1. The predicted molar refractivity (Wildman–Crippen MR) is 99.4 cm³/mol. The largest absolute Gasteiger partial charge is 0.369 e. The van der Waals surface area contributed by atoms with Gasteiger partial charge in [0.1, 0.15) is 11.5 Å². The number of aromatic nitrogens is 2. The van der Waals surface area contributed by atoms with Crippen LogP contribution in [0.5, 0.6) is 0 Å². The van der Waals surface area contributed by atoms with E-state index in [0.717, 1.165) is 36.5 Å². The lowest BCUT2D eigenvalue weighted by atomic mass is 9.91. The van der Waals surface area contributed by atoms with Gasteiger partial charge in [-0.25, -0.2) is 4.98 Å². The average molecular weight is 320 g/mol. The van der Waals surface area contributed by atoms with Gasteiger partial charge in [-0.05, 0) is 49.1 Å². The summed E-state index contributed by atoms with van der Waals surface area (Å²) >= 11 is 0. The van der Waals surface area contributed by atoms with Crippen molar-refractivity contribution < 1.29 is 0 Å². The van der Waals surface area contributed by atoms with Crippen molar-refractivity contribution in [1.82, 2.24) is 14.9 Å². The van der Waals surface area contributed by atoms with Gasteiger partial charge >= 0.3 is 0 Å². The Bertz CT molecular complexity index is 780. The summed E-state index contributed by atoms with van der Waals surface area (Å²) in [5.74, 6) is 1.62. The molecule has 3 heterocycles. The summed E-state index contributed by atoms with van der Waals surface area (Å²) < 4.78 is 0. The molecule has 1 saturated heterocycles. The van der Waals surface area contributed by atoms with Crippen LogP contribution in [0.4, 0.5) is 5.82 Å². The van der Waals surface area contributed by atoms with Crippen molar-refractivity contribution in [3.8, 4) is 0 Å². The minimum atomic E-state index is 0.674. The Hall–Kier alpha value is -2.33. The Kier molecular flexibility index (Phi) is 4.47. The molecule has 1 aliphatic rings. The van der Waals surface area contributed by atoms with Crippen LogP contribution in [-0.4, -0.2) is 41.0 Å². The van der Waals surface area contributed by atoms with Gasteiger partial charge < -0.3 is 15.2 Å². The molecule has 1 aliphatic heterocycles. The third kappa shape index (κ3) is 3.44. The normalized spacial score (nSPS) is 18.8. The second kappa shape index (κ2) is 7.05. The molecule has 0 aliphatic carbocycles. The highest BCUT2D eigenvalue weighted by molar-refractivity contribution is 5.77. The van der Waals surface area contributed by atoms with Crippen molar-refractivity contribution in [1.29, 1.82) is 0 Å². The standard InChI is InChI=1S/C20H24N4/c1-2-5-16(6-3-1)18-7-4-13-24(15-18)14-12-21-19-9-8-17-10-11-22-20(17)23-19/h1-3,5-6,8-11,18H,4,7,12-15H2,(H2,21,22,23)/t18-/m1/s1. The Balaban J connectivity index is 1.30. The number of fused-ring (bicyclic) bond motifs is 1. The predicted octanol–water partition coefficient (Wildman–Crippen LogP) is 3.85. The molecule has 4 rings (SSSR count). The fourth-order valence-corrected chi connectivity index (χ4v) is 3.63. The maximum atomic E-state index is 4.60. The van der Waals surface area contributed by atoms with Crippen LogP contribution in [0.2, 0.25) is 0 Å². The molecule has 0 bridgehead atoms. The first-order valence-electron chi connectivity index (χ1n) is 8.84. The van der Waals surface area contributed by atoms with Gasteiger partial charge in [0.05, 0.1) is 0 Å². The summed E-state index contributed by atoms with van der Waals surface area (Å²) in [6.45, 7) is 4.36. The van der Waals surface area contributed by atoms with E-state index in [2.05, 4.69) is 62.6 Å². The highest BCUT2D eigenvalue weighted by Crippen LogP contribution is 2.26. The zero-order chi connectivity index (χ0) is 16.2. The van der Waals surface area contributed by atoms with E-state index < -0.39 is 0 Å². The molecule has 0 amide bonds. The number of nitrogens with zero attached hydrogens (tertiary/aromatic N) is 2. The quantitative estimate of drug-likeness (QED) is 0.750. The molecule has 2 N–H and O–H groups in total. The summed E-state index contributed by atoms with van der Waals surface area (Å²) in [5.41, 5.74) is 2.43. The first kappa shape index (κ1) is 15.2. The molecule has 0 unspecified atom stereocenters. The number of pyridine rings is 1. The molecule has 1 aromatic carbocycles. The third-order valence-electron chi connectivity index (χ3n) is 4.92. The van der Waals surface area contributed by atoms with Crippen molar-refractivity contribution in [3.63, 3.8) is 0 Å².